The van der Waals surface area contributed by atoms with E-state index in [4.69, 9.17) is 0 Å². The third kappa shape index (κ3) is 7.30. The van der Waals surface area contributed by atoms with Crippen molar-refractivity contribution < 1.29 is 9.59 Å². The Balaban J connectivity index is 0.00000300. The highest BCUT2D eigenvalue weighted by molar-refractivity contribution is 5.98. The molecule has 1 unspecified atom stereocenters. The number of hydrogen-bond acceptors (Lipinski definition) is 3. The zero-order valence-electron chi connectivity index (χ0n) is 17.1. The normalized spacial score (nSPS) is 14.1. The van der Waals surface area contributed by atoms with Gasteiger partial charge < -0.3 is 10.6 Å². The zero-order valence-corrected chi connectivity index (χ0v) is 17.9. The van der Waals surface area contributed by atoms with Crippen molar-refractivity contribution in [2.24, 2.45) is 0 Å². The monoisotopic (exact) mass is 414 g/mol. The molecule has 0 spiro atoms. The molecule has 1 amide bonds. The van der Waals surface area contributed by atoms with Crippen LogP contribution in [0.15, 0.2) is 48.5 Å². The van der Waals surface area contributed by atoms with E-state index in [1.165, 1.54) is 16.7 Å². The highest BCUT2D eigenvalue weighted by atomic mass is 35.5. The topological polar surface area (TPSA) is 58.2 Å². The molecule has 4 nitrogen and oxygen atoms in total. The van der Waals surface area contributed by atoms with Gasteiger partial charge in [0, 0.05) is 24.4 Å². The van der Waals surface area contributed by atoms with Gasteiger partial charge in [0.1, 0.15) is 0 Å². The largest absolute Gasteiger partial charge is 0.354 e. The van der Waals surface area contributed by atoms with Gasteiger partial charge in [-0.15, -0.1) is 12.4 Å². The van der Waals surface area contributed by atoms with Gasteiger partial charge in [-0.25, -0.2) is 0 Å². The summed E-state index contributed by atoms with van der Waals surface area (Å²) in [4.78, 5) is 24.7. The summed E-state index contributed by atoms with van der Waals surface area (Å²) in [6.07, 6.45) is 4.29. The summed E-state index contributed by atoms with van der Waals surface area (Å²) in [6, 6.07) is 16.4. The molecular weight excluding hydrogens is 384 g/mol. The van der Waals surface area contributed by atoms with E-state index in [-0.39, 0.29) is 43.0 Å². The maximum Gasteiger partial charge on any atom is 0.220 e. The highest BCUT2D eigenvalue weighted by Crippen LogP contribution is 2.17. The van der Waals surface area contributed by atoms with Gasteiger partial charge in [-0.05, 0) is 68.5 Å². The van der Waals surface area contributed by atoms with E-state index < -0.39 is 0 Å². The summed E-state index contributed by atoms with van der Waals surface area (Å²) in [5.41, 5.74) is 4.59. The molecule has 2 aromatic rings. The lowest BCUT2D eigenvalue weighted by Gasteiger charge is -2.14. The Kier molecular flexibility index (Phi) is 9.36. The van der Waals surface area contributed by atoms with Crippen LogP contribution < -0.4 is 10.6 Å². The SMILES string of the molecule is CC(CCc1ccccc1)NC(=O)CCC(=O)c1ccc2c(c1)CCNCC2.Cl. The van der Waals surface area contributed by atoms with E-state index in [1.54, 1.807) is 0 Å². The molecule has 0 fully saturated rings. The lowest BCUT2D eigenvalue weighted by atomic mass is 9.97. The predicted octanol–water partition coefficient (Wildman–Crippen LogP) is 3.90. The van der Waals surface area contributed by atoms with E-state index in [1.807, 2.05) is 37.3 Å². The molecule has 3 rings (SSSR count). The minimum Gasteiger partial charge on any atom is -0.354 e. The number of benzene rings is 2. The average Bonchev–Trinajstić information content (AvgIpc) is 2.96. The second-order valence-corrected chi connectivity index (χ2v) is 7.65. The fourth-order valence-electron chi connectivity index (χ4n) is 3.67. The van der Waals surface area contributed by atoms with E-state index >= 15 is 0 Å². The Morgan fingerprint density at radius 1 is 1.00 bits per heavy atom. The number of ketones is 1. The fraction of sp³-hybridized carbons (Fsp3) is 0.417. The van der Waals surface area contributed by atoms with Crippen molar-refractivity contribution in [1.29, 1.82) is 0 Å². The van der Waals surface area contributed by atoms with Crippen LogP contribution in [0, 0.1) is 0 Å². The zero-order chi connectivity index (χ0) is 19.8. The van der Waals surface area contributed by atoms with Crippen LogP contribution in [0.3, 0.4) is 0 Å². The van der Waals surface area contributed by atoms with Crippen molar-refractivity contribution in [3.8, 4) is 0 Å². The number of amides is 1. The molecule has 1 aliphatic heterocycles. The molecule has 1 aliphatic rings. The van der Waals surface area contributed by atoms with Crippen LogP contribution in [0.1, 0.15) is 53.2 Å². The molecule has 1 atom stereocenters. The Morgan fingerprint density at radius 2 is 1.72 bits per heavy atom. The number of carbonyl (C=O) groups excluding carboxylic acids is 2. The summed E-state index contributed by atoms with van der Waals surface area (Å²) < 4.78 is 0. The number of Topliss-reactive ketones (excluding diaryl/α,β-unsaturated/α-hetero) is 1. The molecule has 0 aromatic heterocycles. The molecule has 29 heavy (non-hydrogen) atoms. The van der Waals surface area contributed by atoms with Gasteiger partial charge >= 0.3 is 0 Å². The van der Waals surface area contributed by atoms with Gasteiger partial charge in [0.25, 0.3) is 0 Å². The Morgan fingerprint density at radius 3 is 2.48 bits per heavy atom. The third-order valence-electron chi connectivity index (χ3n) is 5.37. The van der Waals surface area contributed by atoms with Crippen molar-refractivity contribution >= 4 is 24.1 Å². The number of rotatable bonds is 8. The number of fused-ring (bicyclic) bond motifs is 1. The summed E-state index contributed by atoms with van der Waals surface area (Å²) in [7, 11) is 0. The molecule has 2 aromatic carbocycles. The van der Waals surface area contributed by atoms with Crippen molar-refractivity contribution in [3.63, 3.8) is 0 Å². The van der Waals surface area contributed by atoms with Crippen LogP contribution in [0.25, 0.3) is 0 Å². The van der Waals surface area contributed by atoms with Crippen molar-refractivity contribution in [2.45, 2.75) is 51.5 Å². The van der Waals surface area contributed by atoms with Crippen LogP contribution >= 0.6 is 12.4 Å². The molecule has 0 bridgehead atoms. The van der Waals surface area contributed by atoms with Crippen LogP contribution in [0.2, 0.25) is 0 Å². The molecule has 1 heterocycles. The fourth-order valence-corrected chi connectivity index (χ4v) is 3.67. The first-order valence-corrected chi connectivity index (χ1v) is 10.3. The van der Waals surface area contributed by atoms with Crippen LogP contribution in [0.5, 0.6) is 0 Å². The van der Waals surface area contributed by atoms with E-state index in [0.29, 0.717) is 0 Å². The summed E-state index contributed by atoms with van der Waals surface area (Å²) in [5.74, 6) is -0.0000311. The lowest BCUT2D eigenvalue weighted by molar-refractivity contribution is -0.121. The maximum absolute atomic E-state index is 12.5. The van der Waals surface area contributed by atoms with E-state index in [0.717, 1.165) is 44.3 Å². The Bertz CT molecular complexity index is 808. The van der Waals surface area contributed by atoms with E-state index in [2.05, 4.69) is 28.8 Å². The van der Waals surface area contributed by atoms with Gasteiger partial charge in [-0.3, -0.25) is 9.59 Å². The number of carbonyl (C=O) groups is 2. The highest BCUT2D eigenvalue weighted by Gasteiger charge is 2.14. The first kappa shape index (κ1) is 23.1. The molecule has 156 valence electrons. The summed E-state index contributed by atoms with van der Waals surface area (Å²) in [5, 5.41) is 6.40. The number of halogens is 1. The number of aryl methyl sites for hydroxylation is 1. The van der Waals surface area contributed by atoms with Crippen molar-refractivity contribution in [1.82, 2.24) is 10.6 Å². The average molecular weight is 415 g/mol. The Labute approximate surface area is 179 Å². The first-order valence-electron chi connectivity index (χ1n) is 10.3. The summed E-state index contributed by atoms with van der Waals surface area (Å²) >= 11 is 0. The Hall–Kier alpha value is -2.17. The lowest BCUT2D eigenvalue weighted by Crippen LogP contribution is -2.33. The maximum atomic E-state index is 12.5. The van der Waals surface area contributed by atoms with Gasteiger partial charge in [0.15, 0.2) is 5.78 Å². The second kappa shape index (κ2) is 11.7. The van der Waals surface area contributed by atoms with Gasteiger partial charge in [-0.1, -0.05) is 42.5 Å². The van der Waals surface area contributed by atoms with Crippen LogP contribution in [0.4, 0.5) is 0 Å². The van der Waals surface area contributed by atoms with Crippen molar-refractivity contribution in [2.75, 3.05) is 13.1 Å². The van der Waals surface area contributed by atoms with Crippen LogP contribution in [-0.4, -0.2) is 30.8 Å². The number of nitrogens with one attached hydrogen (secondary N) is 2. The third-order valence-corrected chi connectivity index (χ3v) is 5.37. The van der Waals surface area contributed by atoms with Crippen molar-refractivity contribution in [3.05, 3.63) is 70.8 Å². The van der Waals surface area contributed by atoms with Gasteiger partial charge in [0.2, 0.25) is 5.91 Å². The quantitative estimate of drug-likeness (QED) is 0.644. The molecule has 5 heteroatoms. The number of hydrogen-bond donors (Lipinski definition) is 2. The molecule has 0 saturated carbocycles. The molecule has 0 aliphatic carbocycles. The second-order valence-electron chi connectivity index (χ2n) is 7.65. The molecular formula is C24H31ClN2O2. The van der Waals surface area contributed by atoms with Gasteiger partial charge in [-0.2, -0.15) is 0 Å². The van der Waals surface area contributed by atoms with Gasteiger partial charge in [0.05, 0.1) is 0 Å². The minimum atomic E-state index is -0.0483. The minimum absolute atomic E-state index is 0. The molecule has 2 N–H and O–H groups in total. The predicted molar refractivity (Wildman–Crippen MR) is 120 cm³/mol. The van der Waals surface area contributed by atoms with Crippen LogP contribution in [-0.2, 0) is 24.1 Å². The summed E-state index contributed by atoms with van der Waals surface area (Å²) in [6.45, 7) is 3.96. The molecule has 0 saturated heterocycles. The van der Waals surface area contributed by atoms with E-state index in [9.17, 15) is 9.59 Å². The standard InChI is InChI=1S/C24H30N2O2.ClH/c1-18(7-8-19-5-3-2-4-6-19)26-24(28)12-11-23(27)22-10-9-20-13-15-25-16-14-21(20)17-22;/h2-6,9-10,17-18,25H,7-8,11-16H2,1H3,(H,26,28);1H. The first-order chi connectivity index (χ1) is 13.6. The smallest absolute Gasteiger partial charge is 0.220 e. The molecule has 0 radical (unpaired) electrons.